The summed E-state index contributed by atoms with van der Waals surface area (Å²) in [4.78, 5) is 14.5. The number of aromatic hydroxyl groups is 1. The number of phenolic OH excluding ortho intramolecular Hbond substituents is 1. The Kier molecular flexibility index (Phi) is 5.76. The summed E-state index contributed by atoms with van der Waals surface area (Å²) < 4.78 is 5.15. The molecule has 2 heterocycles. The van der Waals surface area contributed by atoms with Crippen molar-refractivity contribution < 1.29 is 14.6 Å². The van der Waals surface area contributed by atoms with Crippen LogP contribution >= 0.6 is 12.4 Å². The number of methoxy groups -OCH3 is 1. The minimum absolute atomic E-state index is 0. The molecule has 23 heavy (non-hydrogen) atoms. The Morgan fingerprint density at radius 2 is 1.87 bits per heavy atom. The average Bonchev–Trinajstić information content (AvgIpc) is 2.56. The minimum Gasteiger partial charge on any atom is -0.507 e. The first kappa shape index (κ1) is 17.9. The molecule has 2 aliphatic rings. The third-order valence-electron chi connectivity index (χ3n) is 5.21. The van der Waals surface area contributed by atoms with Crippen molar-refractivity contribution in [2.75, 3.05) is 33.3 Å². The molecule has 0 aliphatic carbocycles. The molecule has 0 saturated carbocycles. The van der Waals surface area contributed by atoms with Gasteiger partial charge >= 0.3 is 0 Å². The highest BCUT2D eigenvalue weighted by molar-refractivity contribution is 5.97. The van der Waals surface area contributed by atoms with Gasteiger partial charge in [0.15, 0.2) is 0 Å². The van der Waals surface area contributed by atoms with Gasteiger partial charge < -0.3 is 20.1 Å². The van der Waals surface area contributed by atoms with Crippen molar-refractivity contribution in [3.63, 3.8) is 0 Å². The number of benzene rings is 1. The molecule has 2 aliphatic heterocycles. The van der Waals surface area contributed by atoms with Crippen molar-refractivity contribution in [1.29, 1.82) is 0 Å². The van der Waals surface area contributed by atoms with Gasteiger partial charge in [0.05, 0.1) is 12.7 Å². The zero-order valence-corrected chi connectivity index (χ0v) is 14.3. The largest absolute Gasteiger partial charge is 0.507 e. The lowest BCUT2D eigenvalue weighted by Crippen LogP contribution is -2.47. The van der Waals surface area contributed by atoms with Gasteiger partial charge in [0, 0.05) is 13.1 Å². The number of likely N-dealkylation sites (tertiary alicyclic amines) is 1. The van der Waals surface area contributed by atoms with E-state index in [1.165, 1.54) is 18.9 Å². The van der Waals surface area contributed by atoms with E-state index in [9.17, 15) is 9.90 Å². The van der Waals surface area contributed by atoms with E-state index in [1.807, 2.05) is 4.90 Å². The maximum atomic E-state index is 12.7. The fourth-order valence-corrected chi connectivity index (χ4v) is 3.63. The van der Waals surface area contributed by atoms with Crippen LogP contribution in [0.2, 0.25) is 0 Å². The second-order valence-electron chi connectivity index (χ2n) is 6.43. The number of phenols is 1. The van der Waals surface area contributed by atoms with Gasteiger partial charge in [0.1, 0.15) is 11.5 Å². The third kappa shape index (κ3) is 3.72. The molecule has 0 unspecified atom stereocenters. The summed E-state index contributed by atoms with van der Waals surface area (Å²) in [6.07, 6.45) is 4.54. The van der Waals surface area contributed by atoms with E-state index in [4.69, 9.17) is 4.74 Å². The van der Waals surface area contributed by atoms with Gasteiger partial charge in [-0.1, -0.05) is 0 Å². The van der Waals surface area contributed by atoms with Crippen LogP contribution in [0.3, 0.4) is 0 Å². The van der Waals surface area contributed by atoms with Crippen LogP contribution < -0.4 is 10.1 Å². The lowest BCUT2D eigenvalue weighted by atomic mass is 9.71. The molecule has 1 spiro atoms. The van der Waals surface area contributed by atoms with Crippen LogP contribution in [-0.4, -0.2) is 49.2 Å². The van der Waals surface area contributed by atoms with Gasteiger partial charge in [-0.3, -0.25) is 4.79 Å². The molecule has 0 radical (unpaired) electrons. The number of carbonyl (C=O) groups is 1. The summed E-state index contributed by atoms with van der Waals surface area (Å²) >= 11 is 0. The number of hydrogen-bond donors (Lipinski definition) is 2. The highest BCUT2D eigenvalue weighted by Gasteiger charge is 2.37. The quantitative estimate of drug-likeness (QED) is 0.868. The van der Waals surface area contributed by atoms with Gasteiger partial charge in [0.25, 0.3) is 5.91 Å². The van der Waals surface area contributed by atoms with Gasteiger partial charge in [-0.15, -0.1) is 12.4 Å². The molecule has 5 nitrogen and oxygen atoms in total. The topological polar surface area (TPSA) is 61.8 Å². The number of nitrogens with one attached hydrogen (secondary N) is 1. The standard InChI is InChI=1S/C17H24N2O3.ClH/c1-22-13-2-3-15(20)14(12-13)16(21)19-10-6-17(7-11-19)4-8-18-9-5-17;/h2-3,12,18,20H,4-11H2,1H3;1H. The van der Waals surface area contributed by atoms with Crippen LogP contribution in [0.15, 0.2) is 18.2 Å². The van der Waals surface area contributed by atoms with Crippen LogP contribution in [0.25, 0.3) is 0 Å². The molecular weight excluding hydrogens is 316 g/mol. The molecule has 128 valence electrons. The number of piperidine rings is 2. The summed E-state index contributed by atoms with van der Waals surface area (Å²) in [5, 5.41) is 13.4. The Morgan fingerprint density at radius 3 is 2.48 bits per heavy atom. The van der Waals surface area contributed by atoms with Gasteiger partial charge in [-0.05, 0) is 62.4 Å². The van der Waals surface area contributed by atoms with Crippen molar-refractivity contribution in [3.05, 3.63) is 23.8 Å². The Bertz CT molecular complexity index is 549. The molecule has 2 fully saturated rings. The van der Waals surface area contributed by atoms with Crippen LogP contribution in [0, 0.1) is 5.41 Å². The summed E-state index contributed by atoms with van der Waals surface area (Å²) in [5.74, 6) is 0.515. The van der Waals surface area contributed by atoms with Crippen LogP contribution in [-0.2, 0) is 0 Å². The monoisotopic (exact) mass is 340 g/mol. The van der Waals surface area contributed by atoms with Crippen molar-refractivity contribution in [1.82, 2.24) is 10.2 Å². The van der Waals surface area contributed by atoms with Crippen molar-refractivity contribution in [2.45, 2.75) is 25.7 Å². The van der Waals surface area contributed by atoms with Gasteiger partial charge in [-0.2, -0.15) is 0 Å². The molecule has 1 amide bonds. The first-order chi connectivity index (χ1) is 10.6. The normalized spacial score (nSPS) is 20.0. The lowest BCUT2D eigenvalue weighted by Gasteiger charge is -2.44. The Morgan fingerprint density at radius 1 is 1.22 bits per heavy atom. The van der Waals surface area contributed by atoms with E-state index in [2.05, 4.69) is 5.32 Å². The molecule has 0 bridgehead atoms. The summed E-state index contributed by atoms with van der Waals surface area (Å²) in [7, 11) is 1.56. The summed E-state index contributed by atoms with van der Waals surface area (Å²) in [6.45, 7) is 3.72. The highest BCUT2D eigenvalue weighted by atomic mass is 35.5. The molecule has 3 rings (SSSR count). The first-order valence-corrected chi connectivity index (χ1v) is 8.01. The minimum atomic E-state index is -0.0971. The Hall–Kier alpha value is -1.46. The Labute approximate surface area is 143 Å². The average molecular weight is 341 g/mol. The van der Waals surface area contributed by atoms with Gasteiger partial charge in [0.2, 0.25) is 0 Å². The molecule has 0 aromatic heterocycles. The van der Waals surface area contributed by atoms with E-state index < -0.39 is 0 Å². The van der Waals surface area contributed by atoms with E-state index in [0.29, 0.717) is 16.7 Å². The number of hydrogen-bond acceptors (Lipinski definition) is 4. The molecule has 0 atom stereocenters. The molecule has 6 heteroatoms. The Balaban J connectivity index is 0.00000192. The van der Waals surface area contributed by atoms with E-state index >= 15 is 0 Å². The molecule has 2 N–H and O–H groups in total. The van der Waals surface area contributed by atoms with E-state index in [1.54, 1.807) is 19.2 Å². The van der Waals surface area contributed by atoms with Crippen LogP contribution in [0.4, 0.5) is 0 Å². The third-order valence-corrected chi connectivity index (χ3v) is 5.21. The summed E-state index contributed by atoms with van der Waals surface area (Å²) in [6, 6.07) is 4.79. The smallest absolute Gasteiger partial charge is 0.257 e. The lowest BCUT2D eigenvalue weighted by molar-refractivity contribution is 0.0493. The number of halogens is 1. The number of ether oxygens (including phenoxy) is 1. The van der Waals surface area contributed by atoms with Crippen LogP contribution in [0.5, 0.6) is 11.5 Å². The predicted octanol–water partition coefficient (Wildman–Crippen LogP) is 2.43. The fraction of sp³-hybridized carbons (Fsp3) is 0.588. The highest BCUT2D eigenvalue weighted by Crippen LogP contribution is 2.40. The van der Waals surface area contributed by atoms with Crippen molar-refractivity contribution >= 4 is 18.3 Å². The van der Waals surface area contributed by atoms with Crippen molar-refractivity contribution in [3.8, 4) is 11.5 Å². The number of rotatable bonds is 2. The molecule has 2 saturated heterocycles. The molecule has 1 aromatic carbocycles. The second-order valence-corrected chi connectivity index (χ2v) is 6.43. The van der Waals surface area contributed by atoms with E-state index in [-0.39, 0.29) is 24.1 Å². The molecular formula is C17H25ClN2O3. The van der Waals surface area contributed by atoms with Crippen LogP contribution in [0.1, 0.15) is 36.0 Å². The van der Waals surface area contributed by atoms with Gasteiger partial charge in [-0.25, -0.2) is 0 Å². The fourth-order valence-electron chi connectivity index (χ4n) is 3.63. The number of carbonyl (C=O) groups excluding carboxylic acids is 1. The zero-order valence-electron chi connectivity index (χ0n) is 13.5. The zero-order chi connectivity index (χ0) is 15.6. The predicted molar refractivity (Wildman–Crippen MR) is 91.6 cm³/mol. The van der Waals surface area contributed by atoms with Crippen molar-refractivity contribution in [2.24, 2.45) is 5.41 Å². The van der Waals surface area contributed by atoms with E-state index in [0.717, 1.165) is 39.0 Å². The SMILES string of the molecule is COc1ccc(O)c(C(=O)N2CCC3(CCNCC3)CC2)c1.Cl. The number of nitrogens with zero attached hydrogens (tertiary/aromatic N) is 1. The second kappa shape index (κ2) is 7.41. The first-order valence-electron chi connectivity index (χ1n) is 8.01. The maximum absolute atomic E-state index is 12.7. The maximum Gasteiger partial charge on any atom is 0.257 e. The number of amides is 1. The molecule has 1 aromatic rings. The summed E-state index contributed by atoms with van der Waals surface area (Å²) in [5.41, 5.74) is 0.749.